The molecule has 0 aliphatic heterocycles. The fourth-order valence-corrected chi connectivity index (χ4v) is 4.33. The zero-order valence-electron chi connectivity index (χ0n) is 10.3. The minimum absolute atomic E-state index is 0.484. The lowest BCUT2D eigenvalue weighted by molar-refractivity contribution is 0.0806. The summed E-state index contributed by atoms with van der Waals surface area (Å²) in [6.07, 6.45) is 11.4. The van der Waals surface area contributed by atoms with Crippen LogP contribution in [0.3, 0.4) is 0 Å². The summed E-state index contributed by atoms with van der Waals surface area (Å²) in [5.74, 6) is 0.929. The number of rotatable bonds is 3. The Morgan fingerprint density at radius 2 is 1.80 bits per heavy atom. The first-order chi connectivity index (χ1) is 7.16. The summed E-state index contributed by atoms with van der Waals surface area (Å²) in [5.41, 5.74) is 1.19. The van der Waals surface area contributed by atoms with Crippen molar-refractivity contribution in [2.24, 2.45) is 11.3 Å². The molecule has 0 amide bonds. The van der Waals surface area contributed by atoms with Gasteiger partial charge < -0.3 is 0 Å². The van der Waals surface area contributed by atoms with Gasteiger partial charge >= 0.3 is 0 Å². The summed E-state index contributed by atoms with van der Waals surface area (Å²) >= 11 is 0. The Morgan fingerprint density at radius 1 is 1.13 bits per heavy atom. The van der Waals surface area contributed by atoms with E-state index in [4.69, 9.17) is 0 Å². The van der Waals surface area contributed by atoms with Crippen LogP contribution in [0.4, 0.5) is 0 Å². The second kappa shape index (κ2) is 4.34. The van der Waals surface area contributed by atoms with E-state index in [9.17, 15) is 0 Å². The molecule has 0 spiro atoms. The van der Waals surface area contributed by atoms with Gasteiger partial charge in [-0.15, -0.1) is 0 Å². The predicted molar refractivity (Wildman–Crippen MR) is 69.8 cm³/mol. The van der Waals surface area contributed by atoms with Crippen molar-refractivity contribution in [2.45, 2.75) is 70.8 Å². The van der Waals surface area contributed by atoms with E-state index in [0.717, 1.165) is 5.92 Å². The molecule has 0 saturated heterocycles. The van der Waals surface area contributed by atoms with E-state index in [0.29, 0.717) is 11.0 Å². The summed E-state index contributed by atoms with van der Waals surface area (Å²) in [5, 5.41) is 3.54. The fourth-order valence-electron chi connectivity index (χ4n) is 3.89. The Kier molecular flexibility index (Phi) is 3.43. The zero-order valence-corrected chi connectivity index (χ0v) is 11.5. The monoisotopic (exact) mass is 227 g/mol. The van der Waals surface area contributed by atoms with Crippen molar-refractivity contribution < 1.29 is 0 Å². The van der Waals surface area contributed by atoms with Crippen LogP contribution in [0.25, 0.3) is 0 Å². The van der Waals surface area contributed by atoms with E-state index in [2.05, 4.69) is 28.3 Å². The molecule has 2 unspecified atom stereocenters. The van der Waals surface area contributed by atoms with Crippen LogP contribution in [-0.4, -0.2) is 5.54 Å². The van der Waals surface area contributed by atoms with Gasteiger partial charge in [-0.25, -0.2) is 0 Å². The summed E-state index contributed by atoms with van der Waals surface area (Å²) in [6, 6.07) is 0. The van der Waals surface area contributed by atoms with Crippen LogP contribution in [0.5, 0.6) is 0 Å². The average molecular weight is 227 g/mol. The summed E-state index contributed by atoms with van der Waals surface area (Å²) < 4.78 is 0. The maximum absolute atomic E-state index is 3.54. The van der Waals surface area contributed by atoms with Gasteiger partial charge in [-0.3, -0.25) is 5.09 Å². The van der Waals surface area contributed by atoms with E-state index in [1.807, 2.05) is 0 Å². The second-order valence-corrected chi connectivity index (χ2v) is 6.24. The quantitative estimate of drug-likeness (QED) is 0.721. The van der Waals surface area contributed by atoms with Crippen molar-refractivity contribution in [3.8, 4) is 0 Å². The Morgan fingerprint density at radius 3 is 2.33 bits per heavy atom. The number of hydrogen-bond donors (Lipinski definition) is 1. The first-order valence-electron chi connectivity index (χ1n) is 6.64. The first-order valence-corrected chi connectivity index (χ1v) is 7.22. The van der Waals surface area contributed by atoms with E-state index in [1.165, 1.54) is 51.4 Å². The minimum atomic E-state index is 0.484. The van der Waals surface area contributed by atoms with Gasteiger partial charge in [0.05, 0.1) is 0 Å². The van der Waals surface area contributed by atoms with Crippen molar-refractivity contribution in [2.75, 3.05) is 0 Å². The second-order valence-electron chi connectivity index (χ2n) is 5.95. The Balaban J connectivity index is 2.14. The van der Waals surface area contributed by atoms with E-state index in [1.54, 1.807) is 0 Å². The van der Waals surface area contributed by atoms with Gasteiger partial charge in [-0.2, -0.15) is 0 Å². The Labute approximate surface area is 97.0 Å². The molecule has 88 valence electrons. The highest BCUT2D eigenvalue weighted by Crippen LogP contribution is 2.54. The lowest BCUT2D eigenvalue weighted by Crippen LogP contribution is -2.44. The van der Waals surface area contributed by atoms with Gasteiger partial charge in [-0.1, -0.05) is 36.1 Å². The van der Waals surface area contributed by atoms with Gasteiger partial charge in [0.2, 0.25) is 0 Å². The van der Waals surface area contributed by atoms with E-state index >= 15 is 0 Å². The molecule has 2 atom stereocenters. The molecule has 3 fully saturated rings. The van der Waals surface area contributed by atoms with Crippen molar-refractivity contribution >= 4 is 9.39 Å². The number of hydrogen-bond acceptors (Lipinski definition) is 1. The van der Waals surface area contributed by atoms with Crippen LogP contribution in [-0.2, 0) is 0 Å². The molecule has 15 heavy (non-hydrogen) atoms. The maximum Gasteiger partial charge on any atom is 0.0213 e. The molecule has 0 aromatic carbocycles. The Hall–Kier alpha value is 0.390. The Bertz CT molecular complexity index is 219. The maximum atomic E-state index is 3.54. The van der Waals surface area contributed by atoms with Crippen LogP contribution in [0.1, 0.15) is 65.2 Å². The van der Waals surface area contributed by atoms with Crippen molar-refractivity contribution in [3.63, 3.8) is 0 Å². The molecular formula is C13H26NP. The largest absolute Gasteiger partial charge is 0.295 e. The predicted octanol–water partition coefficient (Wildman–Crippen LogP) is 3.90. The van der Waals surface area contributed by atoms with Gasteiger partial charge in [0.25, 0.3) is 0 Å². The van der Waals surface area contributed by atoms with Crippen molar-refractivity contribution in [1.82, 2.24) is 5.09 Å². The third kappa shape index (κ3) is 1.98. The topological polar surface area (TPSA) is 12.0 Å². The molecule has 0 radical (unpaired) electrons. The lowest BCUT2D eigenvalue weighted by atomic mass is 9.62. The minimum Gasteiger partial charge on any atom is -0.295 e. The zero-order chi connectivity index (χ0) is 10.9. The SMILES string of the molecule is CCC(C)C12CCCC(NP)(CC1)CC2. The molecule has 1 nitrogen and oxygen atoms in total. The number of nitrogens with one attached hydrogen (secondary N) is 1. The van der Waals surface area contributed by atoms with Crippen LogP contribution >= 0.6 is 9.39 Å². The van der Waals surface area contributed by atoms with Crippen LogP contribution in [0.15, 0.2) is 0 Å². The third-order valence-corrected chi connectivity index (χ3v) is 6.11. The highest BCUT2D eigenvalue weighted by molar-refractivity contribution is 7.13. The fraction of sp³-hybridized carbons (Fsp3) is 1.00. The molecule has 3 saturated carbocycles. The van der Waals surface area contributed by atoms with Gasteiger partial charge in [-0.05, 0) is 49.9 Å². The number of fused-ring (bicyclic) bond motifs is 4. The molecule has 3 aliphatic carbocycles. The van der Waals surface area contributed by atoms with E-state index in [-0.39, 0.29) is 0 Å². The highest BCUT2D eigenvalue weighted by Gasteiger charge is 2.46. The molecule has 0 aromatic rings. The molecule has 3 rings (SSSR count). The van der Waals surface area contributed by atoms with Crippen LogP contribution < -0.4 is 5.09 Å². The molecule has 2 bridgehead atoms. The summed E-state index contributed by atoms with van der Waals surface area (Å²) in [7, 11) is 2.76. The van der Waals surface area contributed by atoms with Crippen LogP contribution in [0, 0.1) is 11.3 Å². The third-order valence-electron chi connectivity index (χ3n) is 5.50. The average Bonchev–Trinajstić information content (AvgIpc) is 2.59. The van der Waals surface area contributed by atoms with Gasteiger partial charge in [0, 0.05) is 5.54 Å². The molecule has 0 aromatic heterocycles. The molecule has 0 heterocycles. The summed E-state index contributed by atoms with van der Waals surface area (Å²) in [6.45, 7) is 4.84. The lowest BCUT2D eigenvalue weighted by Gasteiger charge is -2.46. The molecule has 2 heteroatoms. The molecule has 1 N–H and O–H groups in total. The van der Waals surface area contributed by atoms with Gasteiger partial charge in [0.15, 0.2) is 0 Å². The van der Waals surface area contributed by atoms with E-state index < -0.39 is 0 Å². The van der Waals surface area contributed by atoms with Crippen LogP contribution in [0.2, 0.25) is 0 Å². The van der Waals surface area contributed by atoms with Crippen molar-refractivity contribution in [3.05, 3.63) is 0 Å². The summed E-state index contributed by atoms with van der Waals surface area (Å²) in [4.78, 5) is 0. The molecular weight excluding hydrogens is 201 g/mol. The smallest absolute Gasteiger partial charge is 0.0213 e. The normalized spacial score (nSPS) is 42.6. The van der Waals surface area contributed by atoms with Gasteiger partial charge in [0.1, 0.15) is 0 Å². The molecule has 3 aliphatic rings. The standard InChI is InChI=1S/C13H26NP/c1-3-11(2)12-5-4-6-13(14-15,9-7-12)10-8-12/h11,14H,3-10,15H2,1-2H3. The first kappa shape index (κ1) is 11.9. The highest BCUT2D eigenvalue weighted by atomic mass is 31.0. The van der Waals surface area contributed by atoms with Crippen molar-refractivity contribution in [1.29, 1.82) is 0 Å².